The van der Waals surface area contributed by atoms with Gasteiger partial charge < -0.3 is 5.32 Å². The largest absolute Gasteiger partial charge is 0.309 e. The monoisotopic (exact) mass is 276 g/mol. The number of hydrogen-bond acceptors (Lipinski definition) is 2. The zero-order valence-electron chi connectivity index (χ0n) is 14.4. The van der Waals surface area contributed by atoms with Crippen LogP contribution in [0, 0.1) is 13.8 Å². The molecule has 0 aliphatic rings. The average Bonchev–Trinajstić information content (AvgIpc) is 2.41. The number of nitrogens with zero attached hydrogens (tertiary/aromatic N) is 1. The highest BCUT2D eigenvalue weighted by molar-refractivity contribution is 5.33. The van der Waals surface area contributed by atoms with E-state index in [0.717, 1.165) is 19.5 Å². The van der Waals surface area contributed by atoms with Crippen molar-refractivity contribution in [3.63, 3.8) is 0 Å². The van der Waals surface area contributed by atoms with Crippen LogP contribution in [0.25, 0.3) is 0 Å². The highest BCUT2D eigenvalue weighted by Gasteiger charge is 2.24. The van der Waals surface area contributed by atoms with Gasteiger partial charge >= 0.3 is 0 Å². The Labute approximate surface area is 125 Å². The summed E-state index contributed by atoms with van der Waals surface area (Å²) in [5.41, 5.74) is 4.39. The van der Waals surface area contributed by atoms with E-state index in [0.29, 0.717) is 6.04 Å². The highest BCUT2D eigenvalue weighted by Crippen LogP contribution is 2.24. The molecular weight excluding hydrogens is 244 g/mol. The molecule has 0 saturated heterocycles. The second-order valence-corrected chi connectivity index (χ2v) is 6.52. The summed E-state index contributed by atoms with van der Waals surface area (Å²) in [4.78, 5) is 2.47. The fourth-order valence-electron chi connectivity index (χ4n) is 2.45. The van der Waals surface area contributed by atoms with Gasteiger partial charge in [-0.3, -0.25) is 4.90 Å². The highest BCUT2D eigenvalue weighted by atomic mass is 15.2. The van der Waals surface area contributed by atoms with Gasteiger partial charge in [0, 0.05) is 18.1 Å². The molecule has 0 bridgehead atoms. The van der Waals surface area contributed by atoms with Gasteiger partial charge in [-0.25, -0.2) is 0 Å². The van der Waals surface area contributed by atoms with Crippen molar-refractivity contribution < 1.29 is 0 Å². The van der Waals surface area contributed by atoms with Crippen LogP contribution in [0.3, 0.4) is 0 Å². The van der Waals surface area contributed by atoms with E-state index in [4.69, 9.17) is 0 Å². The molecule has 2 nitrogen and oxygen atoms in total. The van der Waals surface area contributed by atoms with Crippen LogP contribution < -0.4 is 5.32 Å². The Morgan fingerprint density at radius 1 is 1.20 bits per heavy atom. The van der Waals surface area contributed by atoms with Gasteiger partial charge in [-0.1, -0.05) is 37.6 Å². The van der Waals surface area contributed by atoms with Crippen LogP contribution in [0.2, 0.25) is 0 Å². The van der Waals surface area contributed by atoms with Crippen molar-refractivity contribution in [3.05, 3.63) is 34.9 Å². The summed E-state index contributed by atoms with van der Waals surface area (Å²) in [6.45, 7) is 15.5. The lowest BCUT2D eigenvalue weighted by atomic mass is 9.95. The van der Waals surface area contributed by atoms with Crippen LogP contribution in [0.4, 0.5) is 0 Å². The molecule has 1 atom stereocenters. The Kier molecular flexibility index (Phi) is 6.22. The van der Waals surface area contributed by atoms with Gasteiger partial charge in [-0.15, -0.1) is 0 Å². The first-order chi connectivity index (χ1) is 9.31. The standard InChI is InChI=1S/C18H32N2/c1-8-18(5,6)20(7)13-17(19-9-2)16-12-14(3)10-11-15(16)4/h10-12,17,19H,8-9,13H2,1-7H3. The zero-order chi connectivity index (χ0) is 15.3. The molecule has 1 aromatic rings. The minimum Gasteiger partial charge on any atom is -0.309 e. The topological polar surface area (TPSA) is 15.3 Å². The van der Waals surface area contributed by atoms with Crippen molar-refractivity contribution in [2.75, 3.05) is 20.1 Å². The van der Waals surface area contributed by atoms with Gasteiger partial charge in [-0.05, 0) is 58.8 Å². The molecule has 0 radical (unpaired) electrons. The number of hydrogen-bond donors (Lipinski definition) is 1. The Morgan fingerprint density at radius 2 is 1.85 bits per heavy atom. The lowest BCUT2D eigenvalue weighted by Crippen LogP contribution is -2.45. The van der Waals surface area contributed by atoms with Crippen LogP contribution in [0.1, 0.15) is 56.8 Å². The van der Waals surface area contributed by atoms with Crippen molar-refractivity contribution in [1.29, 1.82) is 0 Å². The fourth-order valence-corrected chi connectivity index (χ4v) is 2.45. The van der Waals surface area contributed by atoms with E-state index in [-0.39, 0.29) is 5.54 Å². The van der Waals surface area contributed by atoms with Crippen molar-refractivity contribution in [2.24, 2.45) is 0 Å². The molecule has 1 rings (SSSR count). The first kappa shape index (κ1) is 17.2. The summed E-state index contributed by atoms with van der Waals surface area (Å²) < 4.78 is 0. The molecule has 0 aliphatic carbocycles. The summed E-state index contributed by atoms with van der Waals surface area (Å²) in [5, 5.41) is 3.65. The Balaban J connectivity index is 2.97. The summed E-state index contributed by atoms with van der Waals surface area (Å²) in [5.74, 6) is 0. The summed E-state index contributed by atoms with van der Waals surface area (Å²) in [6, 6.07) is 7.16. The average molecular weight is 276 g/mol. The number of benzene rings is 1. The first-order valence-corrected chi connectivity index (χ1v) is 7.83. The molecule has 20 heavy (non-hydrogen) atoms. The van der Waals surface area contributed by atoms with Crippen LogP contribution in [-0.2, 0) is 0 Å². The fraction of sp³-hybridized carbons (Fsp3) is 0.667. The predicted molar refractivity (Wildman–Crippen MR) is 89.3 cm³/mol. The molecule has 1 unspecified atom stereocenters. The van der Waals surface area contributed by atoms with E-state index in [9.17, 15) is 0 Å². The van der Waals surface area contributed by atoms with E-state index in [1.165, 1.54) is 16.7 Å². The number of nitrogens with one attached hydrogen (secondary N) is 1. The smallest absolute Gasteiger partial charge is 0.0452 e. The van der Waals surface area contributed by atoms with Gasteiger partial charge in [0.15, 0.2) is 0 Å². The Hall–Kier alpha value is -0.860. The second-order valence-electron chi connectivity index (χ2n) is 6.52. The molecule has 0 heterocycles. The van der Waals surface area contributed by atoms with Crippen molar-refractivity contribution >= 4 is 0 Å². The van der Waals surface area contributed by atoms with E-state index in [2.05, 4.69) is 77.0 Å². The summed E-state index contributed by atoms with van der Waals surface area (Å²) >= 11 is 0. The lowest BCUT2D eigenvalue weighted by Gasteiger charge is -2.38. The maximum atomic E-state index is 3.65. The quantitative estimate of drug-likeness (QED) is 0.807. The molecule has 0 fully saturated rings. The molecule has 0 aliphatic heterocycles. The second kappa shape index (κ2) is 7.24. The minimum atomic E-state index is 0.241. The van der Waals surface area contributed by atoms with Crippen molar-refractivity contribution in [2.45, 2.75) is 59.5 Å². The molecule has 0 spiro atoms. The van der Waals surface area contributed by atoms with Crippen molar-refractivity contribution in [3.8, 4) is 0 Å². The molecule has 0 saturated carbocycles. The number of rotatable bonds is 7. The maximum Gasteiger partial charge on any atom is 0.0452 e. The third kappa shape index (κ3) is 4.32. The van der Waals surface area contributed by atoms with Crippen LogP contribution in [0.15, 0.2) is 18.2 Å². The Morgan fingerprint density at radius 3 is 2.40 bits per heavy atom. The van der Waals surface area contributed by atoms with Crippen LogP contribution >= 0.6 is 0 Å². The first-order valence-electron chi connectivity index (χ1n) is 7.83. The molecule has 0 aromatic heterocycles. The van der Waals surface area contributed by atoms with Gasteiger partial charge in [0.1, 0.15) is 0 Å². The lowest BCUT2D eigenvalue weighted by molar-refractivity contribution is 0.135. The van der Waals surface area contributed by atoms with E-state index < -0.39 is 0 Å². The van der Waals surface area contributed by atoms with E-state index in [1.807, 2.05) is 0 Å². The van der Waals surface area contributed by atoms with Crippen LogP contribution in [0.5, 0.6) is 0 Å². The van der Waals surface area contributed by atoms with Crippen LogP contribution in [-0.4, -0.2) is 30.6 Å². The summed E-state index contributed by atoms with van der Waals surface area (Å²) in [7, 11) is 2.24. The summed E-state index contributed by atoms with van der Waals surface area (Å²) in [6.07, 6.45) is 1.16. The molecule has 2 heteroatoms. The molecule has 1 N–H and O–H groups in total. The zero-order valence-corrected chi connectivity index (χ0v) is 14.4. The van der Waals surface area contributed by atoms with Gasteiger partial charge in [0.25, 0.3) is 0 Å². The molecular formula is C18H32N2. The normalized spacial score (nSPS) is 13.8. The third-order valence-electron chi connectivity index (χ3n) is 4.62. The minimum absolute atomic E-state index is 0.241. The Bertz CT molecular complexity index is 423. The SMILES string of the molecule is CCNC(CN(C)C(C)(C)CC)c1cc(C)ccc1C. The van der Waals surface area contributed by atoms with E-state index in [1.54, 1.807) is 0 Å². The number of likely N-dealkylation sites (N-methyl/N-ethyl adjacent to an activating group) is 2. The van der Waals surface area contributed by atoms with Gasteiger partial charge in [0.05, 0.1) is 0 Å². The predicted octanol–water partition coefficient (Wildman–Crippen LogP) is 4.07. The van der Waals surface area contributed by atoms with E-state index >= 15 is 0 Å². The molecule has 0 amide bonds. The molecule has 114 valence electrons. The number of aryl methyl sites for hydroxylation is 2. The third-order valence-corrected chi connectivity index (χ3v) is 4.62. The molecule has 1 aromatic carbocycles. The van der Waals surface area contributed by atoms with Gasteiger partial charge in [-0.2, -0.15) is 0 Å². The van der Waals surface area contributed by atoms with Crippen molar-refractivity contribution in [1.82, 2.24) is 10.2 Å². The maximum absolute atomic E-state index is 3.65. The van der Waals surface area contributed by atoms with Gasteiger partial charge in [0.2, 0.25) is 0 Å².